The third-order valence-electron chi connectivity index (χ3n) is 7.48. The van der Waals surface area contributed by atoms with E-state index >= 15 is 0 Å². The minimum Gasteiger partial charge on any atom is -0.483 e. The number of fused-ring (bicyclic) bond motifs is 1. The molecule has 2 aliphatic carbocycles. The second kappa shape index (κ2) is 11.7. The number of ether oxygens (including phenoxy) is 2. The van der Waals surface area contributed by atoms with Crippen LogP contribution in [0.5, 0.6) is 11.5 Å². The molecule has 2 aliphatic rings. The van der Waals surface area contributed by atoms with Gasteiger partial charge in [-0.15, -0.1) is 0 Å². The zero-order chi connectivity index (χ0) is 24.8. The first kappa shape index (κ1) is 25.2. The molecule has 2 aromatic rings. The van der Waals surface area contributed by atoms with Crippen molar-refractivity contribution in [2.24, 2.45) is 17.8 Å². The van der Waals surface area contributed by atoms with Crippen LogP contribution < -0.4 is 9.47 Å². The van der Waals surface area contributed by atoms with Crippen molar-refractivity contribution in [1.82, 2.24) is 0 Å². The van der Waals surface area contributed by atoms with E-state index in [2.05, 4.69) is 19.1 Å². The summed E-state index contributed by atoms with van der Waals surface area (Å²) in [4.78, 5) is 12.6. The van der Waals surface area contributed by atoms with E-state index in [9.17, 15) is 13.6 Å². The number of rotatable bonds is 7. The van der Waals surface area contributed by atoms with Crippen LogP contribution in [0.15, 0.2) is 60.7 Å². The number of hydrogen-bond donors (Lipinski definition) is 0. The molecule has 0 N–H and O–H groups in total. The van der Waals surface area contributed by atoms with E-state index in [0.717, 1.165) is 29.9 Å². The molecule has 0 bridgehead atoms. The average molecular weight is 481 g/mol. The number of esters is 1. The maximum absolute atomic E-state index is 14.2. The lowest BCUT2D eigenvalue weighted by Crippen LogP contribution is -2.30. The van der Waals surface area contributed by atoms with Gasteiger partial charge in [0.25, 0.3) is 0 Å². The molecule has 0 heterocycles. The van der Waals surface area contributed by atoms with Gasteiger partial charge in [0.2, 0.25) is 0 Å². The molecule has 4 unspecified atom stereocenters. The van der Waals surface area contributed by atoms with Crippen LogP contribution in [0.25, 0.3) is 0 Å². The Morgan fingerprint density at radius 3 is 2.31 bits per heavy atom. The Hall–Kier alpha value is -2.95. The normalized spacial score (nSPS) is 24.5. The van der Waals surface area contributed by atoms with E-state index in [-0.39, 0.29) is 12.4 Å². The van der Waals surface area contributed by atoms with Gasteiger partial charge in [0.15, 0.2) is 17.4 Å². The van der Waals surface area contributed by atoms with Gasteiger partial charge in [0.1, 0.15) is 12.4 Å². The Balaban J connectivity index is 1.36. The van der Waals surface area contributed by atoms with Gasteiger partial charge in [-0.2, -0.15) is 0 Å². The van der Waals surface area contributed by atoms with Crippen molar-refractivity contribution in [1.29, 1.82) is 0 Å². The summed E-state index contributed by atoms with van der Waals surface area (Å²) < 4.78 is 38.8. The minimum atomic E-state index is -0.914. The summed E-state index contributed by atoms with van der Waals surface area (Å²) in [5.41, 5.74) is 1.60. The van der Waals surface area contributed by atoms with E-state index in [4.69, 9.17) is 9.47 Å². The number of carbonyl (C=O) groups excluding carboxylic acids is 1. The molecule has 5 heteroatoms. The fourth-order valence-corrected chi connectivity index (χ4v) is 5.69. The highest BCUT2D eigenvalue weighted by Gasteiger charge is 2.35. The third kappa shape index (κ3) is 6.19. The van der Waals surface area contributed by atoms with Gasteiger partial charge in [0, 0.05) is 12.1 Å². The molecule has 2 aromatic carbocycles. The molecule has 0 radical (unpaired) electrons. The molecule has 4 rings (SSSR count). The van der Waals surface area contributed by atoms with Crippen LogP contribution >= 0.6 is 0 Å². The molecule has 4 atom stereocenters. The van der Waals surface area contributed by atoms with Crippen molar-refractivity contribution in [3.8, 4) is 11.5 Å². The number of benzene rings is 2. The fraction of sp³-hybridized carbons (Fsp3) is 0.433. The smallest absolute Gasteiger partial charge is 0.343 e. The van der Waals surface area contributed by atoms with E-state index in [1.165, 1.54) is 44.1 Å². The highest BCUT2D eigenvalue weighted by molar-refractivity contribution is 5.91. The molecule has 0 aliphatic heterocycles. The zero-order valence-corrected chi connectivity index (χ0v) is 20.5. The summed E-state index contributed by atoms with van der Waals surface area (Å²) in [6, 6.07) is 9.40. The first-order valence-corrected chi connectivity index (χ1v) is 12.7. The lowest BCUT2D eigenvalue weighted by Gasteiger charge is -2.41. The second-order valence-electron chi connectivity index (χ2n) is 9.74. The average Bonchev–Trinajstić information content (AvgIpc) is 2.86. The maximum atomic E-state index is 14.2. The minimum absolute atomic E-state index is 0.0505. The molecule has 2 fully saturated rings. The Bertz CT molecular complexity index is 1050. The van der Waals surface area contributed by atoms with Crippen LogP contribution in [-0.4, -0.2) is 12.6 Å². The quantitative estimate of drug-likeness (QED) is 0.229. The zero-order valence-electron chi connectivity index (χ0n) is 20.5. The summed E-state index contributed by atoms with van der Waals surface area (Å²) >= 11 is 0. The SMILES string of the molecule is C/C=C/COc1c(F)cc(OC(=O)c2ccc(C3CCC4CC(/C=C/C)CCC4C3)cc2)cc1F. The van der Waals surface area contributed by atoms with Crippen LogP contribution in [-0.2, 0) is 0 Å². The van der Waals surface area contributed by atoms with Crippen molar-refractivity contribution in [2.45, 2.75) is 58.3 Å². The Kier molecular flexibility index (Phi) is 8.37. The molecule has 0 aromatic heterocycles. The second-order valence-corrected chi connectivity index (χ2v) is 9.74. The number of allylic oxidation sites excluding steroid dienone is 3. The van der Waals surface area contributed by atoms with Gasteiger partial charge in [-0.3, -0.25) is 0 Å². The van der Waals surface area contributed by atoms with Gasteiger partial charge in [-0.05, 0) is 93.7 Å². The molecule has 2 saturated carbocycles. The highest BCUT2D eigenvalue weighted by atomic mass is 19.1. The first-order chi connectivity index (χ1) is 17.0. The van der Waals surface area contributed by atoms with Crippen molar-refractivity contribution >= 4 is 5.97 Å². The van der Waals surface area contributed by atoms with Crippen molar-refractivity contribution in [2.75, 3.05) is 6.61 Å². The molecule has 3 nitrogen and oxygen atoms in total. The number of hydrogen-bond acceptors (Lipinski definition) is 3. The predicted molar refractivity (Wildman–Crippen MR) is 134 cm³/mol. The highest BCUT2D eigenvalue weighted by Crippen LogP contribution is 2.47. The molecular weight excluding hydrogens is 446 g/mol. The van der Waals surface area contributed by atoms with Crippen molar-refractivity contribution < 1.29 is 23.0 Å². The Labute approximate surface area is 206 Å². The molecule has 186 valence electrons. The summed E-state index contributed by atoms with van der Waals surface area (Å²) in [5, 5.41) is 0. The summed E-state index contributed by atoms with van der Waals surface area (Å²) in [5.74, 6) is -0.290. The van der Waals surface area contributed by atoms with Crippen molar-refractivity contribution in [3.05, 3.63) is 83.5 Å². The van der Waals surface area contributed by atoms with E-state index < -0.39 is 23.4 Å². The van der Waals surface area contributed by atoms with Crippen LogP contribution in [0, 0.1) is 29.4 Å². The van der Waals surface area contributed by atoms with E-state index in [0.29, 0.717) is 11.5 Å². The van der Waals surface area contributed by atoms with Crippen LogP contribution in [0.2, 0.25) is 0 Å². The van der Waals surface area contributed by atoms with Crippen LogP contribution in [0.3, 0.4) is 0 Å². The predicted octanol–water partition coefficient (Wildman–Crippen LogP) is 8.02. The van der Waals surface area contributed by atoms with Gasteiger partial charge >= 0.3 is 5.97 Å². The van der Waals surface area contributed by atoms with Gasteiger partial charge in [-0.25, -0.2) is 13.6 Å². The van der Waals surface area contributed by atoms with Gasteiger partial charge in [0.05, 0.1) is 5.56 Å². The van der Waals surface area contributed by atoms with Gasteiger partial charge < -0.3 is 9.47 Å². The monoisotopic (exact) mass is 480 g/mol. The fourth-order valence-electron chi connectivity index (χ4n) is 5.69. The van der Waals surface area contributed by atoms with Crippen molar-refractivity contribution in [3.63, 3.8) is 0 Å². The lowest BCUT2D eigenvalue weighted by molar-refractivity contribution is 0.0733. The van der Waals surface area contributed by atoms with Crippen LogP contribution in [0.4, 0.5) is 8.78 Å². The molecule has 0 spiro atoms. The molecular formula is C30H34F2O3. The first-order valence-electron chi connectivity index (χ1n) is 12.7. The third-order valence-corrected chi connectivity index (χ3v) is 7.48. The van der Waals surface area contributed by atoms with E-state index in [1.807, 2.05) is 12.1 Å². The summed E-state index contributed by atoms with van der Waals surface area (Å²) in [6.45, 7) is 3.94. The number of carbonyl (C=O) groups is 1. The largest absolute Gasteiger partial charge is 0.483 e. The Morgan fingerprint density at radius 1 is 0.943 bits per heavy atom. The number of halogens is 2. The maximum Gasteiger partial charge on any atom is 0.343 e. The topological polar surface area (TPSA) is 35.5 Å². The summed E-state index contributed by atoms with van der Waals surface area (Å²) in [7, 11) is 0. The molecule has 0 amide bonds. The molecule has 0 saturated heterocycles. The standard InChI is InChI=1S/C30H34F2O3/c1-3-5-15-34-29-27(31)18-26(19-28(29)32)35-30(33)22-11-9-21(10-12-22)24-14-13-23-16-20(6-4-2)7-8-25(23)17-24/h3-6,9-12,18-20,23-25H,7-8,13-17H2,1-2H3/b5-3+,6-4+. The van der Waals surface area contributed by atoms with Gasteiger partial charge in [-0.1, -0.05) is 36.4 Å². The lowest BCUT2D eigenvalue weighted by atomic mass is 9.64. The molecule has 35 heavy (non-hydrogen) atoms. The van der Waals surface area contributed by atoms with Crippen LogP contribution in [0.1, 0.15) is 74.2 Å². The summed E-state index contributed by atoms with van der Waals surface area (Å²) in [6.07, 6.45) is 15.5. The van der Waals surface area contributed by atoms with E-state index in [1.54, 1.807) is 31.2 Å². The Morgan fingerprint density at radius 2 is 1.63 bits per heavy atom.